The Morgan fingerprint density at radius 3 is 1.67 bits per heavy atom. The summed E-state index contributed by atoms with van der Waals surface area (Å²) in [6, 6.07) is 29.8. The number of nitrogens with zero attached hydrogens (tertiary/aromatic N) is 1. The highest BCUT2D eigenvalue weighted by Gasteiger charge is 2.51. The van der Waals surface area contributed by atoms with E-state index in [1.54, 1.807) is 0 Å². The first-order valence-electron chi connectivity index (χ1n) is 13.2. The Hall–Kier alpha value is -2.63. The number of benzene rings is 3. The fourth-order valence-corrected chi connectivity index (χ4v) is 6.00. The van der Waals surface area contributed by atoms with Crippen LogP contribution >= 0.6 is 22.6 Å². The molecular formula is C31H32INO6. The fourth-order valence-electron chi connectivity index (χ4n) is 4.89. The van der Waals surface area contributed by atoms with E-state index in [1.165, 1.54) is 4.90 Å². The first-order chi connectivity index (χ1) is 19.1. The molecule has 0 saturated carbocycles. The third-order valence-corrected chi connectivity index (χ3v) is 8.22. The van der Waals surface area contributed by atoms with Crippen molar-refractivity contribution in [3.8, 4) is 0 Å². The van der Waals surface area contributed by atoms with Crippen LogP contribution in [0, 0.1) is 0 Å². The maximum absolute atomic E-state index is 12.7. The number of alkyl halides is 1. The number of likely N-dealkylation sites (tertiary alicyclic amines) is 1. The molecule has 8 heteroatoms. The Bertz CT molecular complexity index is 1200. The van der Waals surface area contributed by atoms with Crippen molar-refractivity contribution >= 4 is 34.4 Å². The van der Waals surface area contributed by atoms with Crippen LogP contribution in [0.15, 0.2) is 91.0 Å². The van der Waals surface area contributed by atoms with Crippen molar-refractivity contribution in [2.75, 3.05) is 6.61 Å². The van der Waals surface area contributed by atoms with Crippen LogP contribution in [0.2, 0.25) is 0 Å². The van der Waals surface area contributed by atoms with Gasteiger partial charge in [0.1, 0.15) is 18.3 Å². The Balaban J connectivity index is 1.40. The minimum Gasteiger partial charge on any atom is -0.374 e. The number of halogens is 1. The number of carbonyl (C=O) groups is 2. The normalized spacial score (nSPS) is 25.3. The number of hydrogen-bond acceptors (Lipinski definition) is 6. The molecule has 2 aliphatic heterocycles. The largest absolute Gasteiger partial charge is 0.374 e. The van der Waals surface area contributed by atoms with Gasteiger partial charge in [-0.05, 0) is 16.7 Å². The molecule has 5 rings (SSSR count). The predicted molar refractivity (Wildman–Crippen MR) is 154 cm³/mol. The zero-order chi connectivity index (χ0) is 27.0. The summed E-state index contributed by atoms with van der Waals surface area (Å²) in [7, 11) is 0. The van der Waals surface area contributed by atoms with E-state index in [-0.39, 0.29) is 35.2 Å². The van der Waals surface area contributed by atoms with Crippen LogP contribution in [0.5, 0.6) is 0 Å². The van der Waals surface area contributed by atoms with Crippen molar-refractivity contribution in [1.29, 1.82) is 0 Å². The fraction of sp³-hybridized carbons (Fsp3) is 0.355. The van der Waals surface area contributed by atoms with Crippen molar-refractivity contribution < 1.29 is 28.5 Å². The van der Waals surface area contributed by atoms with Crippen LogP contribution in [0.1, 0.15) is 29.5 Å². The van der Waals surface area contributed by atoms with E-state index in [1.807, 2.05) is 91.0 Å². The summed E-state index contributed by atoms with van der Waals surface area (Å²) in [5, 5.41) is 0. The molecule has 0 unspecified atom stereocenters. The average molecular weight is 642 g/mol. The second-order valence-corrected chi connectivity index (χ2v) is 11.1. The van der Waals surface area contributed by atoms with E-state index in [2.05, 4.69) is 22.6 Å². The lowest BCUT2D eigenvalue weighted by Gasteiger charge is -2.46. The van der Waals surface area contributed by atoms with Crippen LogP contribution in [-0.2, 0) is 48.4 Å². The van der Waals surface area contributed by atoms with Gasteiger partial charge in [-0.1, -0.05) is 114 Å². The summed E-state index contributed by atoms with van der Waals surface area (Å²) >= 11 is 2.24. The number of rotatable bonds is 11. The van der Waals surface area contributed by atoms with E-state index < -0.39 is 24.5 Å². The first-order valence-corrected chi connectivity index (χ1v) is 14.4. The second-order valence-electron chi connectivity index (χ2n) is 9.69. The lowest BCUT2D eigenvalue weighted by molar-refractivity contribution is -0.237. The van der Waals surface area contributed by atoms with Crippen LogP contribution in [0.3, 0.4) is 0 Å². The summed E-state index contributed by atoms with van der Waals surface area (Å²) in [6.45, 7) is 1.35. The number of carbonyl (C=O) groups excluding carboxylic acids is 2. The smallest absolute Gasteiger partial charge is 0.231 e. The van der Waals surface area contributed by atoms with E-state index in [0.29, 0.717) is 19.8 Å². The van der Waals surface area contributed by atoms with Gasteiger partial charge in [-0.3, -0.25) is 14.5 Å². The summed E-state index contributed by atoms with van der Waals surface area (Å²) in [5.41, 5.74) is 3.09. The zero-order valence-corrected chi connectivity index (χ0v) is 23.7. The van der Waals surface area contributed by atoms with Crippen molar-refractivity contribution in [2.45, 2.75) is 61.1 Å². The standard InChI is InChI=1S/C31H32INO6/c32-28-30(38-20-24-14-8-3-9-15-24)29(37-19-23-12-6-2-7-13-23)25(21-36-18-22-10-4-1-5-11-22)39-31(28)33-26(34)16-17-27(33)35/h1-15,25,28-31H,16-21H2/t25-,28-,29-,30+,31-/m1/s1. The third kappa shape index (κ3) is 7.12. The maximum Gasteiger partial charge on any atom is 0.231 e. The highest BCUT2D eigenvalue weighted by molar-refractivity contribution is 14.1. The van der Waals surface area contributed by atoms with Gasteiger partial charge in [-0.25, -0.2) is 0 Å². The molecule has 2 amide bonds. The molecule has 0 aromatic heterocycles. The topological polar surface area (TPSA) is 74.3 Å². The van der Waals surface area contributed by atoms with Crippen molar-refractivity contribution in [1.82, 2.24) is 4.90 Å². The lowest BCUT2D eigenvalue weighted by atomic mass is 9.99. The van der Waals surface area contributed by atoms with Crippen LogP contribution in [0.4, 0.5) is 0 Å². The molecule has 0 bridgehead atoms. The quantitative estimate of drug-likeness (QED) is 0.166. The van der Waals surface area contributed by atoms with Gasteiger partial charge < -0.3 is 18.9 Å². The van der Waals surface area contributed by atoms with E-state index in [0.717, 1.165) is 16.7 Å². The summed E-state index contributed by atoms with van der Waals surface area (Å²) in [4.78, 5) is 26.7. The zero-order valence-electron chi connectivity index (χ0n) is 21.6. The van der Waals surface area contributed by atoms with Crippen LogP contribution < -0.4 is 0 Å². The molecule has 2 fully saturated rings. The van der Waals surface area contributed by atoms with Gasteiger partial charge in [0.05, 0.1) is 30.4 Å². The first kappa shape index (κ1) is 27.9. The highest BCUT2D eigenvalue weighted by Crippen LogP contribution is 2.36. The van der Waals surface area contributed by atoms with Crippen LogP contribution in [0.25, 0.3) is 0 Å². The molecule has 2 saturated heterocycles. The lowest BCUT2D eigenvalue weighted by Crippen LogP contribution is -2.63. The molecule has 5 atom stereocenters. The van der Waals surface area contributed by atoms with Crippen molar-refractivity contribution in [2.24, 2.45) is 0 Å². The van der Waals surface area contributed by atoms with E-state index in [4.69, 9.17) is 18.9 Å². The van der Waals surface area contributed by atoms with Gasteiger partial charge in [-0.2, -0.15) is 0 Å². The minimum absolute atomic E-state index is 0.195. The Kier molecular flexibility index (Phi) is 9.76. The molecule has 2 aliphatic rings. The molecule has 0 aliphatic carbocycles. The molecule has 0 radical (unpaired) electrons. The molecule has 7 nitrogen and oxygen atoms in total. The van der Waals surface area contributed by atoms with Crippen molar-refractivity contribution in [3.05, 3.63) is 108 Å². The molecule has 204 valence electrons. The Morgan fingerprint density at radius 2 is 1.15 bits per heavy atom. The molecular weight excluding hydrogens is 609 g/mol. The summed E-state index contributed by atoms with van der Waals surface area (Å²) in [5.74, 6) is -0.442. The highest BCUT2D eigenvalue weighted by atomic mass is 127. The molecule has 0 spiro atoms. The van der Waals surface area contributed by atoms with Gasteiger partial charge in [0.15, 0.2) is 6.23 Å². The predicted octanol–water partition coefficient (Wildman–Crippen LogP) is 5.05. The number of imide groups is 1. The molecule has 2 heterocycles. The van der Waals surface area contributed by atoms with Gasteiger partial charge >= 0.3 is 0 Å². The van der Waals surface area contributed by atoms with Gasteiger partial charge in [-0.15, -0.1) is 0 Å². The molecule has 3 aromatic rings. The van der Waals surface area contributed by atoms with Gasteiger partial charge in [0.25, 0.3) is 0 Å². The third-order valence-electron chi connectivity index (χ3n) is 6.90. The van der Waals surface area contributed by atoms with E-state index >= 15 is 0 Å². The minimum atomic E-state index is -0.768. The van der Waals surface area contributed by atoms with Gasteiger partial charge in [0.2, 0.25) is 11.8 Å². The number of ether oxygens (including phenoxy) is 4. The Labute approximate surface area is 242 Å². The molecule has 3 aromatic carbocycles. The van der Waals surface area contributed by atoms with Crippen LogP contribution in [-0.4, -0.2) is 51.8 Å². The average Bonchev–Trinajstić information content (AvgIpc) is 3.31. The SMILES string of the molecule is O=C1CCC(=O)N1[C@@H]1O[C@H](COCc2ccccc2)[C@@H](OCc2ccccc2)[C@@H](OCc2ccccc2)[C@H]1I. The molecule has 0 N–H and O–H groups in total. The van der Waals surface area contributed by atoms with Crippen molar-refractivity contribution in [3.63, 3.8) is 0 Å². The Morgan fingerprint density at radius 1 is 0.692 bits per heavy atom. The maximum atomic E-state index is 12.7. The number of hydrogen-bond donors (Lipinski definition) is 0. The van der Waals surface area contributed by atoms with E-state index in [9.17, 15) is 9.59 Å². The van der Waals surface area contributed by atoms with Gasteiger partial charge in [0, 0.05) is 12.8 Å². The monoisotopic (exact) mass is 641 g/mol. The second kappa shape index (κ2) is 13.6. The summed E-state index contributed by atoms with van der Waals surface area (Å²) < 4.78 is 25.3. The summed E-state index contributed by atoms with van der Waals surface area (Å²) in [6.07, 6.45) is -1.89. The number of amides is 2. The molecule has 39 heavy (non-hydrogen) atoms.